The first-order chi connectivity index (χ1) is 9.58. The van der Waals surface area contributed by atoms with Crippen molar-refractivity contribution < 1.29 is 4.79 Å². The van der Waals surface area contributed by atoms with Crippen LogP contribution < -0.4 is 5.73 Å². The molecule has 0 aliphatic rings. The Balaban J connectivity index is 2.31. The average molecular weight is 324 g/mol. The van der Waals surface area contributed by atoms with E-state index in [0.29, 0.717) is 25.4 Å². The lowest BCUT2D eigenvalue weighted by Crippen LogP contribution is -1.96. The molecule has 0 bridgehead atoms. The highest BCUT2D eigenvalue weighted by molar-refractivity contribution is 7.20. The molecule has 100 valence electrons. The van der Waals surface area contributed by atoms with E-state index in [9.17, 15) is 4.79 Å². The summed E-state index contributed by atoms with van der Waals surface area (Å²) >= 11 is 13.2. The number of nitrogen functional groups attached to an aromatic ring is 1. The summed E-state index contributed by atoms with van der Waals surface area (Å²) in [6.07, 6.45) is 0.779. The summed E-state index contributed by atoms with van der Waals surface area (Å²) in [5.41, 5.74) is 7.12. The van der Waals surface area contributed by atoms with E-state index in [-0.39, 0.29) is 5.95 Å². The van der Waals surface area contributed by atoms with Crippen LogP contribution in [-0.4, -0.2) is 16.3 Å². The van der Waals surface area contributed by atoms with E-state index in [1.165, 1.54) is 11.3 Å². The Morgan fingerprint density at radius 3 is 2.65 bits per heavy atom. The van der Waals surface area contributed by atoms with Crippen molar-refractivity contribution in [3.63, 3.8) is 0 Å². The standard InChI is InChI=1S/C13H7Cl2N3OS/c14-9-2-1-6(3-10(9)15)11-8-4-7(5-19)20-12(8)18-13(16)17-11/h1-5H,(H2,16,17,18). The number of benzene rings is 1. The van der Waals surface area contributed by atoms with Crippen LogP contribution >= 0.6 is 34.5 Å². The molecule has 0 aliphatic carbocycles. The minimum Gasteiger partial charge on any atom is -0.368 e. The molecular weight excluding hydrogens is 317 g/mol. The summed E-state index contributed by atoms with van der Waals surface area (Å²) in [6.45, 7) is 0. The third kappa shape index (κ3) is 2.24. The van der Waals surface area contributed by atoms with Crippen molar-refractivity contribution in [2.45, 2.75) is 0 Å². The lowest BCUT2D eigenvalue weighted by molar-refractivity contribution is 0.112. The number of aldehydes is 1. The quantitative estimate of drug-likeness (QED) is 0.722. The van der Waals surface area contributed by atoms with Crippen molar-refractivity contribution in [2.75, 3.05) is 5.73 Å². The van der Waals surface area contributed by atoms with Crippen LogP contribution in [0.4, 0.5) is 5.95 Å². The maximum atomic E-state index is 10.9. The molecule has 0 saturated carbocycles. The van der Waals surface area contributed by atoms with Gasteiger partial charge in [-0.1, -0.05) is 29.3 Å². The molecule has 0 aliphatic heterocycles. The number of hydrogen-bond donors (Lipinski definition) is 1. The Morgan fingerprint density at radius 2 is 1.95 bits per heavy atom. The summed E-state index contributed by atoms with van der Waals surface area (Å²) in [4.78, 5) is 20.5. The predicted molar refractivity (Wildman–Crippen MR) is 82.7 cm³/mol. The Labute approximate surface area is 128 Å². The number of thiophene rings is 1. The van der Waals surface area contributed by atoms with Gasteiger partial charge in [-0.15, -0.1) is 11.3 Å². The minimum absolute atomic E-state index is 0.151. The van der Waals surface area contributed by atoms with Crippen molar-refractivity contribution in [3.8, 4) is 11.3 Å². The average Bonchev–Trinajstić information content (AvgIpc) is 2.83. The van der Waals surface area contributed by atoms with Gasteiger partial charge < -0.3 is 5.73 Å². The zero-order valence-corrected chi connectivity index (χ0v) is 12.3. The third-order valence-corrected chi connectivity index (χ3v) is 4.43. The second-order valence-corrected chi connectivity index (χ2v) is 5.92. The van der Waals surface area contributed by atoms with Crippen LogP contribution in [0.15, 0.2) is 24.3 Å². The van der Waals surface area contributed by atoms with Crippen LogP contribution in [0.5, 0.6) is 0 Å². The molecule has 7 heteroatoms. The fourth-order valence-electron chi connectivity index (χ4n) is 1.88. The van der Waals surface area contributed by atoms with Gasteiger partial charge in [-0.2, -0.15) is 0 Å². The molecule has 0 atom stereocenters. The van der Waals surface area contributed by atoms with Crippen LogP contribution in [-0.2, 0) is 0 Å². The maximum Gasteiger partial charge on any atom is 0.221 e. The Kier molecular flexibility index (Phi) is 3.33. The molecule has 1 aromatic carbocycles. The first kappa shape index (κ1) is 13.3. The van der Waals surface area contributed by atoms with Crippen molar-refractivity contribution in [1.82, 2.24) is 9.97 Å². The summed E-state index contributed by atoms with van der Waals surface area (Å²) in [5.74, 6) is 0.151. The molecule has 0 saturated heterocycles. The van der Waals surface area contributed by atoms with Gasteiger partial charge in [0.1, 0.15) is 4.83 Å². The molecule has 3 aromatic rings. The van der Waals surface area contributed by atoms with E-state index in [1.54, 1.807) is 24.3 Å². The molecule has 0 unspecified atom stereocenters. The Morgan fingerprint density at radius 1 is 1.15 bits per heavy atom. The minimum atomic E-state index is 0.151. The van der Waals surface area contributed by atoms with Gasteiger partial charge in [0, 0.05) is 10.9 Å². The molecule has 20 heavy (non-hydrogen) atoms. The molecule has 0 spiro atoms. The number of hydrogen-bond acceptors (Lipinski definition) is 5. The second kappa shape index (κ2) is 5.01. The normalized spacial score (nSPS) is 10.9. The van der Waals surface area contributed by atoms with Crippen LogP contribution in [0, 0.1) is 0 Å². The molecule has 0 fully saturated rings. The first-order valence-electron chi connectivity index (χ1n) is 5.56. The monoisotopic (exact) mass is 323 g/mol. The highest BCUT2D eigenvalue weighted by Gasteiger charge is 2.13. The third-order valence-electron chi connectivity index (χ3n) is 2.74. The number of nitrogens with zero attached hydrogens (tertiary/aromatic N) is 2. The van der Waals surface area contributed by atoms with Gasteiger partial charge in [-0.3, -0.25) is 4.79 Å². The van der Waals surface area contributed by atoms with Crippen LogP contribution in [0.3, 0.4) is 0 Å². The smallest absolute Gasteiger partial charge is 0.221 e. The van der Waals surface area contributed by atoms with Gasteiger partial charge in [-0.25, -0.2) is 9.97 Å². The summed E-state index contributed by atoms with van der Waals surface area (Å²) in [7, 11) is 0. The zero-order chi connectivity index (χ0) is 14.3. The SMILES string of the molecule is Nc1nc(-c2ccc(Cl)c(Cl)c2)c2cc(C=O)sc2n1. The lowest BCUT2D eigenvalue weighted by atomic mass is 10.1. The highest BCUT2D eigenvalue weighted by atomic mass is 35.5. The van der Waals surface area contributed by atoms with Gasteiger partial charge in [0.2, 0.25) is 5.95 Å². The summed E-state index contributed by atoms with van der Waals surface area (Å²) in [6, 6.07) is 6.94. The summed E-state index contributed by atoms with van der Waals surface area (Å²) < 4.78 is 0. The summed E-state index contributed by atoms with van der Waals surface area (Å²) in [5, 5.41) is 1.66. The molecule has 4 nitrogen and oxygen atoms in total. The van der Waals surface area contributed by atoms with E-state index in [2.05, 4.69) is 9.97 Å². The van der Waals surface area contributed by atoms with E-state index < -0.39 is 0 Å². The van der Waals surface area contributed by atoms with E-state index in [1.807, 2.05) is 0 Å². The van der Waals surface area contributed by atoms with E-state index in [0.717, 1.165) is 17.2 Å². The first-order valence-corrected chi connectivity index (χ1v) is 7.13. The van der Waals surface area contributed by atoms with Gasteiger partial charge in [0.15, 0.2) is 6.29 Å². The van der Waals surface area contributed by atoms with Crippen LogP contribution in [0.25, 0.3) is 21.5 Å². The van der Waals surface area contributed by atoms with Gasteiger partial charge in [-0.05, 0) is 18.2 Å². The Bertz CT molecular complexity index is 832. The van der Waals surface area contributed by atoms with Crippen molar-refractivity contribution in [3.05, 3.63) is 39.2 Å². The molecule has 2 aromatic heterocycles. The number of carbonyl (C=O) groups excluding carboxylic acids is 1. The Hall–Kier alpha value is -1.69. The number of fused-ring (bicyclic) bond motifs is 1. The fourth-order valence-corrected chi connectivity index (χ4v) is 3.03. The molecular formula is C13H7Cl2N3OS. The molecule has 2 N–H and O–H groups in total. The highest BCUT2D eigenvalue weighted by Crippen LogP contribution is 2.34. The zero-order valence-electron chi connectivity index (χ0n) is 9.93. The van der Waals surface area contributed by atoms with Crippen molar-refractivity contribution in [2.24, 2.45) is 0 Å². The molecule has 0 amide bonds. The molecule has 0 radical (unpaired) electrons. The lowest BCUT2D eigenvalue weighted by Gasteiger charge is -2.05. The number of carbonyl (C=O) groups is 1. The number of halogens is 2. The van der Waals surface area contributed by atoms with Gasteiger partial charge in [0.25, 0.3) is 0 Å². The van der Waals surface area contributed by atoms with Crippen LogP contribution in [0.1, 0.15) is 9.67 Å². The number of rotatable bonds is 2. The second-order valence-electron chi connectivity index (χ2n) is 4.04. The van der Waals surface area contributed by atoms with Crippen molar-refractivity contribution in [1.29, 1.82) is 0 Å². The topological polar surface area (TPSA) is 68.9 Å². The molecule has 3 rings (SSSR count). The van der Waals surface area contributed by atoms with Crippen LogP contribution in [0.2, 0.25) is 10.0 Å². The van der Waals surface area contributed by atoms with Gasteiger partial charge >= 0.3 is 0 Å². The molecule has 2 heterocycles. The maximum absolute atomic E-state index is 10.9. The largest absolute Gasteiger partial charge is 0.368 e. The predicted octanol–water partition coefficient (Wildman–Crippen LogP) is 4.06. The van der Waals surface area contributed by atoms with E-state index in [4.69, 9.17) is 28.9 Å². The van der Waals surface area contributed by atoms with Crippen molar-refractivity contribution >= 4 is 57.0 Å². The number of anilines is 1. The fraction of sp³-hybridized carbons (Fsp3) is 0. The number of nitrogens with two attached hydrogens (primary N) is 1. The van der Waals surface area contributed by atoms with E-state index >= 15 is 0 Å². The van der Waals surface area contributed by atoms with Gasteiger partial charge in [0.05, 0.1) is 20.6 Å². The number of aromatic nitrogens is 2.